The Morgan fingerprint density at radius 1 is 1.13 bits per heavy atom. The minimum atomic E-state index is -0.634. The van der Waals surface area contributed by atoms with E-state index in [1.54, 1.807) is 36.1 Å². The Kier molecular flexibility index (Phi) is 7.61. The van der Waals surface area contributed by atoms with Crippen LogP contribution in [0, 0.1) is 5.92 Å². The summed E-state index contributed by atoms with van der Waals surface area (Å²) in [5.41, 5.74) is 1.67. The van der Waals surface area contributed by atoms with Crippen molar-refractivity contribution in [2.24, 2.45) is 5.92 Å². The molecule has 1 saturated heterocycles. The maximum absolute atomic E-state index is 12.3. The average molecular weight is 425 g/mol. The Morgan fingerprint density at radius 2 is 1.84 bits per heavy atom. The van der Waals surface area contributed by atoms with Crippen LogP contribution in [0.4, 0.5) is 5.69 Å². The number of hydrogen-bond acceptors (Lipinski definition) is 5. The van der Waals surface area contributed by atoms with Crippen molar-refractivity contribution in [2.45, 2.75) is 26.0 Å². The van der Waals surface area contributed by atoms with Crippen LogP contribution in [0.3, 0.4) is 0 Å². The van der Waals surface area contributed by atoms with Crippen LogP contribution in [0.15, 0.2) is 54.6 Å². The zero-order chi connectivity index (χ0) is 22.2. The topological polar surface area (TPSA) is 108 Å². The second kappa shape index (κ2) is 10.6. The molecule has 1 heterocycles. The van der Waals surface area contributed by atoms with E-state index in [2.05, 4.69) is 10.6 Å². The molecule has 8 heteroatoms. The zero-order valence-electron chi connectivity index (χ0n) is 17.4. The number of rotatable bonds is 9. The molecule has 2 aromatic carbocycles. The Labute approximate surface area is 181 Å². The van der Waals surface area contributed by atoms with Gasteiger partial charge in [-0.15, -0.1) is 0 Å². The summed E-state index contributed by atoms with van der Waals surface area (Å²) in [6.07, 6.45) is -0.504. The van der Waals surface area contributed by atoms with Crippen LogP contribution in [-0.2, 0) is 20.9 Å². The number of ether oxygens (including phenoxy) is 1. The summed E-state index contributed by atoms with van der Waals surface area (Å²) in [4.78, 5) is 38.0. The van der Waals surface area contributed by atoms with Crippen molar-refractivity contribution in [3.05, 3.63) is 60.2 Å². The zero-order valence-corrected chi connectivity index (χ0v) is 17.4. The van der Waals surface area contributed by atoms with Gasteiger partial charge in [0.25, 0.3) is 5.91 Å². The van der Waals surface area contributed by atoms with Gasteiger partial charge in [0.15, 0.2) is 6.61 Å². The molecule has 3 rings (SSSR count). The largest absolute Gasteiger partial charge is 0.484 e. The average Bonchev–Trinajstić information content (AvgIpc) is 3.17. The number of nitrogens with zero attached hydrogens (tertiary/aromatic N) is 1. The number of anilines is 1. The minimum absolute atomic E-state index is 0.111. The number of nitrogens with one attached hydrogen (secondary N) is 2. The summed E-state index contributed by atoms with van der Waals surface area (Å²) < 4.78 is 5.51. The fourth-order valence-corrected chi connectivity index (χ4v) is 3.24. The van der Waals surface area contributed by atoms with Crippen molar-refractivity contribution in [2.75, 3.05) is 24.6 Å². The van der Waals surface area contributed by atoms with Crippen LogP contribution in [0.5, 0.6) is 5.75 Å². The smallest absolute Gasteiger partial charge is 0.258 e. The normalized spacial score (nSPS) is 16.6. The minimum Gasteiger partial charge on any atom is -0.484 e. The lowest BCUT2D eigenvalue weighted by molar-refractivity contribution is -0.126. The van der Waals surface area contributed by atoms with E-state index in [1.807, 2.05) is 30.3 Å². The summed E-state index contributed by atoms with van der Waals surface area (Å²) in [5, 5.41) is 14.7. The first-order valence-electron chi connectivity index (χ1n) is 10.2. The highest BCUT2D eigenvalue weighted by atomic mass is 16.5. The second-order valence-electron chi connectivity index (χ2n) is 7.54. The lowest BCUT2D eigenvalue weighted by Crippen LogP contribution is -2.36. The van der Waals surface area contributed by atoms with Gasteiger partial charge in [0.2, 0.25) is 11.8 Å². The fraction of sp³-hybridized carbons (Fsp3) is 0.348. The lowest BCUT2D eigenvalue weighted by Gasteiger charge is -2.17. The fourth-order valence-electron chi connectivity index (χ4n) is 3.24. The molecule has 1 aliphatic rings. The number of hydrogen-bond donors (Lipinski definition) is 3. The monoisotopic (exact) mass is 425 g/mol. The highest BCUT2D eigenvalue weighted by Crippen LogP contribution is 2.27. The number of carbonyl (C=O) groups is 3. The van der Waals surface area contributed by atoms with Crippen LogP contribution in [0.1, 0.15) is 18.9 Å². The van der Waals surface area contributed by atoms with Crippen molar-refractivity contribution in [3.8, 4) is 5.75 Å². The van der Waals surface area contributed by atoms with E-state index in [1.165, 1.54) is 0 Å². The third kappa shape index (κ3) is 6.55. The molecule has 3 N–H and O–H groups in total. The standard InChI is InChI=1S/C23H27N3O5/c1-16(27)12-25-23(30)18-11-22(29)26(14-18)19-7-9-20(10-8-19)31-15-21(28)24-13-17-5-3-2-4-6-17/h2-10,16,18,27H,11-15H2,1H3,(H,24,28)(H,25,30)/t16-,18+/m0/s1. The second-order valence-corrected chi connectivity index (χ2v) is 7.54. The summed E-state index contributed by atoms with van der Waals surface area (Å²) >= 11 is 0. The van der Waals surface area contributed by atoms with Crippen molar-refractivity contribution in [3.63, 3.8) is 0 Å². The number of aliphatic hydroxyl groups excluding tert-OH is 1. The van der Waals surface area contributed by atoms with E-state index in [0.29, 0.717) is 18.0 Å². The van der Waals surface area contributed by atoms with Gasteiger partial charge < -0.3 is 25.4 Å². The predicted octanol–water partition coefficient (Wildman–Crippen LogP) is 1.23. The third-order valence-corrected chi connectivity index (χ3v) is 4.92. The lowest BCUT2D eigenvalue weighted by atomic mass is 10.1. The number of amides is 3. The van der Waals surface area contributed by atoms with Gasteiger partial charge in [-0.1, -0.05) is 30.3 Å². The van der Waals surface area contributed by atoms with Crippen molar-refractivity contribution in [1.29, 1.82) is 0 Å². The van der Waals surface area contributed by atoms with Gasteiger partial charge in [-0.05, 0) is 36.8 Å². The molecular weight excluding hydrogens is 398 g/mol. The summed E-state index contributed by atoms with van der Waals surface area (Å²) in [7, 11) is 0. The van der Waals surface area contributed by atoms with E-state index in [4.69, 9.17) is 4.74 Å². The first kappa shape index (κ1) is 22.3. The van der Waals surface area contributed by atoms with Gasteiger partial charge in [-0.25, -0.2) is 0 Å². The molecule has 0 unspecified atom stereocenters. The first-order chi connectivity index (χ1) is 14.9. The first-order valence-corrected chi connectivity index (χ1v) is 10.2. The maximum Gasteiger partial charge on any atom is 0.258 e. The van der Waals surface area contributed by atoms with Gasteiger partial charge >= 0.3 is 0 Å². The number of benzene rings is 2. The summed E-state index contributed by atoms with van der Waals surface area (Å²) in [6.45, 7) is 2.36. The van der Waals surface area contributed by atoms with E-state index in [9.17, 15) is 19.5 Å². The number of carbonyl (C=O) groups excluding carboxylic acids is 3. The Balaban J connectivity index is 1.46. The molecule has 0 bridgehead atoms. The Hall–Kier alpha value is -3.39. The molecule has 0 radical (unpaired) electrons. The molecule has 0 aromatic heterocycles. The van der Waals surface area contributed by atoms with Gasteiger partial charge in [0.1, 0.15) is 5.75 Å². The van der Waals surface area contributed by atoms with Crippen molar-refractivity contribution < 1.29 is 24.2 Å². The van der Waals surface area contributed by atoms with Crippen molar-refractivity contribution in [1.82, 2.24) is 10.6 Å². The van der Waals surface area contributed by atoms with Gasteiger partial charge in [0, 0.05) is 31.7 Å². The molecule has 8 nitrogen and oxygen atoms in total. The third-order valence-electron chi connectivity index (χ3n) is 4.92. The molecular formula is C23H27N3O5. The molecule has 31 heavy (non-hydrogen) atoms. The van der Waals surface area contributed by atoms with Gasteiger partial charge in [-0.2, -0.15) is 0 Å². The van der Waals surface area contributed by atoms with Gasteiger partial charge in [0.05, 0.1) is 12.0 Å². The van der Waals surface area contributed by atoms with Crippen molar-refractivity contribution >= 4 is 23.4 Å². The summed E-state index contributed by atoms with van der Waals surface area (Å²) in [5.74, 6) is -0.537. The highest BCUT2D eigenvalue weighted by Gasteiger charge is 2.35. The predicted molar refractivity (Wildman–Crippen MR) is 115 cm³/mol. The summed E-state index contributed by atoms with van der Waals surface area (Å²) in [6, 6.07) is 16.4. The quantitative estimate of drug-likeness (QED) is 0.560. The van der Waals surface area contributed by atoms with E-state index in [-0.39, 0.29) is 43.8 Å². The molecule has 0 aliphatic carbocycles. The molecule has 1 aliphatic heterocycles. The molecule has 0 spiro atoms. The van der Waals surface area contributed by atoms with Crippen LogP contribution < -0.4 is 20.3 Å². The SMILES string of the molecule is C[C@H](O)CNC(=O)[C@@H]1CC(=O)N(c2ccc(OCC(=O)NCc3ccccc3)cc2)C1. The molecule has 2 atom stereocenters. The molecule has 0 saturated carbocycles. The molecule has 1 fully saturated rings. The molecule has 3 amide bonds. The van der Waals surface area contributed by atoms with Crippen LogP contribution >= 0.6 is 0 Å². The number of aliphatic hydroxyl groups is 1. The van der Waals surface area contributed by atoms with E-state index >= 15 is 0 Å². The molecule has 2 aromatic rings. The van der Waals surface area contributed by atoms with Crippen LogP contribution in [0.25, 0.3) is 0 Å². The van der Waals surface area contributed by atoms with Gasteiger partial charge in [-0.3, -0.25) is 14.4 Å². The Morgan fingerprint density at radius 3 is 2.52 bits per heavy atom. The van der Waals surface area contributed by atoms with E-state index in [0.717, 1.165) is 5.56 Å². The Bertz CT molecular complexity index is 899. The highest BCUT2D eigenvalue weighted by molar-refractivity contribution is 6.00. The maximum atomic E-state index is 12.3. The van der Waals surface area contributed by atoms with Crippen LogP contribution in [-0.4, -0.2) is 48.6 Å². The van der Waals surface area contributed by atoms with E-state index < -0.39 is 12.0 Å². The molecule has 164 valence electrons. The van der Waals surface area contributed by atoms with Crippen LogP contribution in [0.2, 0.25) is 0 Å².